The number of benzene rings is 1. The summed E-state index contributed by atoms with van der Waals surface area (Å²) in [7, 11) is 0. The number of anilines is 3. The molecule has 2 amide bonds. The Labute approximate surface area is 145 Å². The number of rotatable bonds is 5. The molecule has 0 saturated carbocycles. The molecule has 2 fully saturated rings. The molecule has 2 aliphatic rings. The summed E-state index contributed by atoms with van der Waals surface area (Å²) in [4.78, 5) is 19.2. The van der Waals surface area contributed by atoms with Crippen molar-refractivity contribution in [2.75, 3.05) is 54.4 Å². The SMILES string of the molecule is CCN(CC)C(=O)Nc1cc(N2CCCC2)ccc1N1CCCC1. The standard InChI is InChI=1S/C19H30N4O/c1-3-21(4-2)19(24)20-17-15-16(22-11-5-6-12-22)9-10-18(17)23-13-7-8-14-23/h9-10,15H,3-8,11-14H2,1-2H3,(H,20,24). The number of nitrogens with one attached hydrogen (secondary N) is 1. The molecule has 0 atom stereocenters. The van der Waals surface area contributed by atoms with Gasteiger partial charge in [-0.1, -0.05) is 0 Å². The lowest BCUT2D eigenvalue weighted by atomic mass is 10.2. The number of carbonyl (C=O) groups excluding carboxylic acids is 1. The summed E-state index contributed by atoms with van der Waals surface area (Å²) < 4.78 is 0. The number of hydrogen-bond donors (Lipinski definition) is 1. The Balaban J connectivity index is 1.86. The molecular weight excluding hydrogens is 300 g/mol. The molecule has 0 aliphatic carbocycles. The first-order chi connectivity index (χ1) is 11.7. The second-order valence-electron chi connectivity index (χ2n) is 6.69. The summed E-state index contributed by atoms with van der Waals surface area (Å²) in [5.74, 6) is 0. The van der Waals surface area contributed by atoms with Crippen LogP contribution in [-0.4, -0.2) is 50.2 Å². The van der Waals surface area contributed by atoms with Gasteiger partial charge in [0.1, 0.15) is 0 Å². The number of urea groups is 1. The van der Waals surface area contributed by atoms with Gasteiger partial charge in [0.05, 0.1) is 11.4 Å². The predicted molar refractivity (Wildman–Crippen MR) is 101 cm³/mol. The minimum Gasteiger partial charge on any atom is -0.371 e. The largest absolute Gasteiger partial charge is 0.371 e. The number of hydrogen-bond acceptors (Lipinski definition) is 3. The first-order valence-corrected chi connectivity index (χ1v) is 9.42. The Morgan fingerprint density at radius 1 is 1.00 bits per heavy atom. The van der Waals surface area contributed by atoms with Crippen molar-refractivity contribution in [1.29, 1.82) is 0 Å². The highest BCUT2D eigenvalue weighted by Crippen LogP contribution is 2.34. The molecule has 5 heteroatoms. The van der Waals surface area contributed by atoms with Crippen molar-refractivity contribution in [2.24, 2.45) is 0 Å². The van der Waals surface area contributed by atoms with Crippen LogP contribution in [0.1, 0.15) is 39.5 Å². The van der Waals surface area contributed by atoms with Gasteiger partial charge >= 0.3 is 6.03 Å². The molecule has 1 aromatic rings. The van der Waals surface area contributed by atoms with E-state index in [1.807, 2.05) is 18.7 Å². The van der Waals surface area contributed by atoms with Crippen LogP contribution in [0.5, 0.6) is 0 Å². The molecule has 2 heterocycles. The second-order valence-corrected chi connectivity index (χ2v) is 6.69. The topological polar surface area (TPSA) is 38.8 Å². The van der Waals surface area contributed by atoms with Crippen LogP contribution in [0.2, 0.25) is 0 Å². The molecule has 0 unspecified atom stereocenters. The highest BCUT2D eigenvalue weighted by Gasteiger charge is 2.21. The quantitative estimate of drug-likeness (QED) is 0.893. The Kier molecular flexibility index (Phi) is 5.48. The van der Waals surface area contributed by atoms with Crippen molar-refractivity contribution in [1.82, 2.24) is 4.90 Å². The first kappa shape index (κ1) is 16.9. The van der Waals surface area contributed by atoms with Crippen LogP contribution in [0.15, 0.2) is 18.2 Å². The van der Waals surface area contributed by atoms with Crippen molar-refractivity contribution in [3.05, 3.63) is 18.2 Å². The maximum Gasteiger partial charge on any atom is 0.321 e. The van der Waals surface area contributed by atoms with E-state index in [1.165, 1.54) is 31.4 Å². The van der Waals surface area contributed by atoms with Crippen LogP contribution in [0, 0.1) is 0 Å². The molecular formula is C19H30N4O. The lowest BCUT2D eigenvalue weighted by Crippen LogP contribution is -2.35. The highest BCUT2D eigenvalue weighted by atomic mass is 16.2. The van der Waals surface area contributed by atoms with E-state index in [4.69, 9.17) is 0 Å². The van der Waals surface area contributed by atoms with Crippen molar-refractivity contribution >= 4 is 23.1 Å². The average Bonchev–Trinajstić information content (AvgIpc) is 3.30. The minimum atomic E-state index is -0.000908. The molecule has 132 valence electrons. The first-order valence-electron chi connectivity index (χ1n) is 9.42. The third-order valence-electron chi connectivity index (χ3n) is 5.19. The van der Waals surface area contributed by atoms with E-state index in [-0.39, 0.29) is 6.03 Å². The van der Waals surface area contributed by atoms with Gasteiger partial charge in [0, 0.05) is 45.0 Å². The molecule has 0 bridgehead atoms. The third-order valence-corrected chi connectivity index (χ3v) is 5.19. The van der Waals surface area contributed by atoms with Crippen LogP contribution >= 0.6 is 0 Å². The molecule has 3 rings (SSSR count). The maximum absolute atomic E-state index is 12.6. The van der Waals surface area contributed by atoms with E-state index < -0.39 is 0 Å². The zero-order chi connectivity index (χ0) is 16.9. The van der Waals surface area contributed by atoms with E-state index in [2.05, 4.69) is 33.3 Å². The Hall–Kier alpha value is -1.91. The molecule has 24 heavy (non-hydrogen) atoms. The molecule has 1 aromatic carbocycles. The van der Waals surface area contributed by atoms with Gasteiger partial charge in [-0.25, -0.2) is 4.79 Å². The Morgan fingerprint density at radius 3 is 2.17 bits per heavy atom. The fourth-order valence-electron chi connectivity index (χ4n) is 3.74. The maximum atomic E-state index is 12.6. The molecule has 0 aromatic heterocycles. The normalized spacial score (nSPS) is 17.4. The summed E-state index contributed by atoms with van der Waals surface area (Å²) in [6.07, 6.45) is 4.98. The number of carbonyl (C=O) groups is 1. The van der Waals surface area contributed by atoms with Crippen LogP contribution in [0.4, 0.5) is 21.9 Å². The van der Waals surface area contributed by atoms with E-state index in [9.17, 15) is 4.79 Å². The van der Waals surface area contributed by atoms with Crippen molar-refractivity contribution in [3.63, 3.8) is 0 Å². The van der Waals surface area contributed by atoms with Crippen molar-refractivity contribution < 1.29 is 4.79 Å². The third kappa shape index (κ3) is 3.60. The zero-order valence-corrected chi connectivity index (χ0v) is 15.1. The average molecular weight is 330 g/mol. The van der Waals surface area contributed by atoms with E-state index in [0.29, 0.717) is 0 Å². The van der Waals surface area contributed by atoms with Crippen LogP contribution in [-0.2, 0) is 0 Å². The molecule has 0 spiro atoms. The smallest absolute Gasteiger partial charge is 0.321 e. The van der Waals surface area contributed by atoms with E-state index in [0.717, 1.165) is 50.6 Å². The van der Waals surface area contributed by atoms with Crippen LogP contribution in [0.25, 0.3) is 0 Å². The van der Waals surface area contributed by atoms with Crippen LogP contribution in [0.3, 0.4) is 0 Å². The Morgan fingerprint density at radius 2 is 1.58 bits per heavy atom. The summed E-state index contributed by atoms with van der Waals surface area (Å²) in [6, 6.07) is 6.57. The van der Waals surface area contributed by atoms with E-state index in [1.54, 1.807) is 0 Å². The molecule has 2 aliphatic heterocycles. The Bertz CT molecular complexity index is 558. The predicted octanol–water partition coefficient (Wildman–Crippen LogP) is 3.76. The van der Waals surface area contributed by atoms with E-state index >= 15 is 0 Å². The lowest BCUT2D eigenvalue weighted by molar-refractivity contribution is 0.217. The zero-order valence-electron chi connectivity index (χ0n) is 15.1. The van der Waals surface area contributed by atoms with Crippen LogP contribution < -0.4 is 15.1 Å². The van der Waals surface area contributed by atoms with Gasteiger partial charge in [0.15, 0.2) is 0 Å². The second kappa shape index (κ2) is 7.77. The summed E-state index contributed by atoms with van der Waals surface area (Å²) in [5, 5.41) is 3.17. The van der Waals surface area contributed by atoms with Crippen molar-refractivity contribution in [2.45, 2.75) is 39.5 Å². The van der Waals surface area contributed by atoms with Gasteiger partial charge in [-0.15, -0.1) is 0 Å². The number of amides is 2. The van der Waals surface area contributed by atoms with Gasteiger partial charge in [-0.3, -0.25) is 0 Å². The summed E-state index contributed by atoms with van der Waals surface area (Å²) in [5.41, 5.74) is 3.35. The molecule has 5 nitrogen and oxygen atoms in total. The summed E-state index contributed by atoms with van der Waals surface area (Å²) in [6.45, 7) is 9.89. The molecule has 2 saturated heterocycles. The molecule has 1 N–H and O–H groups in total. The van der Waals surface area contributed by atoms with Gasteiger partial charge in [-0.05, 0) is 57.7 Å². The lowest BCUT2D eigenvalue weighted by Gasteiger charge is -2.26. The fourth-order valence-corrected chi connectivity index (χ4v) is 3.74. The van der Waals surface area contributed by atoms with Gasteiger partial charge < -0.3 is 20.0 Å². The summed E-state index contributed by atoms with van der Waals surface area (Å²) >= 11 is 0. The monoisotopic (exact) mass is 330 g/mol. The van der Waals surface area contributed by atoms with Gasteiger partial charge in [-0.2, -0.15) is 0 Å². The minimum absolute atomic E-state index is 0.000908. The van der Waals surface area contributed by atoms with Gasteiger partial charge in [0.2, 0.25) is 0 Å². The fraction of sp³-hybridized carbons (Fsp3) is 0.632. The highest BCUT2D eigenvalue weighted by molar-refractivity contribution is 5.94. The number of nitrogens with zero attached hydrogens (tertiary/aromatic N) is 3. The van der Waals surface area contributed by atoms with Crippen molar-refractivity contribution in [3.8, 4) is 0 Å². The molecule has 0 radical (unpaired) electrons. The van der Waals surface area contributed by atoms with Gasteiger partial charge in [0.25, 0.3) is 0 Å².